The van der Waals surface area contributed by atoms with E-state index in [2.05, 4.69) is 6.55 Å². The Labute approximate surface area is 102 Å². The summed E-state index contributed by atoms with van der Waals surface area (Å²) in [5.41, 5.74) is 0. The van der Waals surface area contributed by atoms with Crippen LogP contribution in [-0.2, 0) is 0 Å². The minimum absolute atomic E-state index is 0.901. The fraction of sp³-hybridized carbons (Fsp3) is 1.00. The van der Waals surface area contributed by atoms with Crippen LogP contribution >= 0.6 is 0 Å². The molecule has 16 heavy (non-hydrogen) atoms. The fourth-order valence-corrected chi connectivity index (χ4v) is 11.2. The third-order valence-electron chi connectivity index (χ3n) is 4.97. The van der Waals surface area contributed by atoms with E-state index in [1.807, 2.05) is 0 Å². The van der Waals surface area contributed by atoms with Gasteiger partial charge in [-0.15, -0.1) is 0 Å². The monoisotopic (exact) mass is 258 g/mol. The Bertz CT molecular complexity index is 172. The molecule has 3 aliphatic heterocycles. The van der Waals surface area contributed by atoms with Crippen LogP contribution in [0.5, 0.6) is 0 Å². The lowest BCUT2D eigenvalue weighted by atomic mass is 10.3. The quantitative estimate of drug-likeness (QED) is 0.406. The Hall–Kier alpha value is 0.364. The van der Waals surface area contributed by atoms with Gasteiger partial charge in [0, 0.05) is 0 Å². The summed E-state index contributed by atoms with van der Waals surface area (Å²) in [7, 11) is -3.18. The minimum atomic E-state index is -2.28. The molecule has 3 aliphatic rings. The molecular weight excluding hydrogens is 231 g/mol. The summed E-state index contributed by atoms with van der Waals surface area (Å²) in [6, 6.07) is 7.49. The summed E-state index contributed by atoms with van der Waals surface area (Å²) in [6.07, 6.45) is 7.69. The molecule has 0 nitrogen and oxygen atoms in total. The van der Waals surface area contributed by atoms with Crippen molar-refractivity contribution in [3.05, 3.63) is 0 Å². The van der Waals surface area contributed by atoms with Crippen LogP contribution in [0.4, 0.5) is 4.11 Å². The highest BCUT2D eigenvalue weighted by Crippen LogP contribution is 2.38. The maximum atomic E-state index is 14.8. The zero-order valence-corrected chi connectivity index (χ0v) is 12.9. The van der Waals surface area contributed by atoms with Crippen LogP contribution in [0.2, 0.25) is 42.8 Å². The van der Waals surface area contributed by atoms with Crippen LogP contribution in [0.15, 0.2) is 0 Å². The first-order chi connectivity index (χ1) is 7.62. The molecule has 3 heteroatoms. The molecule has 0 radical (unpaired) electrons. The van der Waals surface area contributed by atoms with Gasteiger partial charge in [-0.2, -0.15) is 0 Å². The standard InChI is InChI=1S/C13H27FSi2/c1-15-8-2-5-11-16(14,12-6-3-9-15)13-7-4-10-15/h2-13H2,1H3. The van der Waals surface area contributed by atoms with Crippen molar-refractivity contribution in [2.75, 3.05) is 0 Å². The molecule has 0 atom stereocenters. The van der Waals surface area contributed by atoms with Crippen molar-refractivity contribution in [3.8, 4) is 0 Å². The summed E-state index contributed by atoms with van der Waals surface area (Å²) in [5, 5.41) is 0. The molecule has 94 valence electrons. The second kappa shape index (κ2) is 5.34. The Morgan fingerprint density at radius 3 is 1.31 bits per heavy atom. The molecule has 0 N–H and O–H groups in total. The van der Waals surface area contributed by atoms with Gasteiger partial charge >= 0.3 is 0 Å². The van der Waals surface area contributed by atoms with Crippen molar-refractivity contribution in [3.63, 3.8) is 0 Å². The van der Waals surface area contributed by atoms with E-state index in [1.165, 1.54) is 56.7 Å². The van der Waals surface area contributed by atoms with Crippen LogP contribution in [0.25, 0.3) is 0 Å². The molecule has 0 aliphatic carbocycles. The Balaban J connectivity index is 2.08. The molecule has 0 saturated carbocycles. The highest BCUT2D eigenvalue weighted by Gasteiger charge is 2.36. The average Bonchev–Trinajstić information content (AvgIpc) is 2.27. The molecule has 3 rings (SSSR count). The Morgan fingerprint density at radius 1 is 0.625 bits per heavy atom. The van der Waals surface area contributed by atoms with Crippen LogP contribution < -0.4 is 0 Å². The van der Waals surface area contributed by atoms with Crippen molar-refractivity contribution in [1.29, 1.82) is 0 Å². The predicted octanol–water partition coefficient (Wildman–Crippen LogP) is 5.35. The van der Waals surface area contributed by atoms with Crippen LogP contribution in [0, 0.1) is 0 Å². The lowest BCUT2D eigenvalue weighted by molar-refractivity contribution is 0.649. The summed E-state index contributed by atoms with van der Waals surface area (Å²) in [4.78, 5) is 0. The van der Waals surface area contributed by atoms with Gasteiger partial charge in [0.1, 0.15) is 0 Å². The molecule has 0 aromatic rings. The zero-order valence-electron chi connectivity index (χ0n) is 10.9. The maximum Gasteiger partial charge on any atom is 0.247 e. The SMILES string of the molecule is C[Si]12CCCC[Si](F)(CCCC1)CCCC2. The normalized spacial score (nSPS) is 42.4. The lowest BCUT2D eigenvalue weighted by Crippen LogP contribution is -2.34. The van der Waals surface area contributed by atoms with E-state index in [1.54, 1.807) is 0 Å². The molecular formula is C13H27FSi2. The van der Waals surface area contributed by atoms with Gasteiger partial charge in [0.05, 0.1) is 8.07 Å². The topological polar surface area (TPSA) is 0 Å². The number of fused-ring (bicyclic) bond motifs is 9. The smallest absolute Gasteiger partial charge is 0.247 e. The first-order valence-corrected chi connectivity index (χ1v) is 12.9. The number of halogens is 1. The minimum Gasteiger partial charge on any atom is -0.314 e. The van der Waals surface area contributed by atoms with E-state index in [9.17, 15) is 4.11 Å². The third-order valence-corrected chi connectivity index (χ3v) is 13.4. The maximum absolute atomic E-state index is 14.8. The average molecular weight is 259 g/mol. The molecule has 0 amide bonds. The molecule has 0 aromatic heterocycles. The van der Waals surface area contributed by atoms with Gasteiger partial charge in [-0.1, -0.05) is 63.2 Å². The number of hydrogen-bond donors (Lipinski definition) is 0. The van der Waals surface area contributed by atoms with E-state index >= 15 is 0 Å². The van der Waals surface area contributed by atoms with Crippen molar-refractivity contribution in [2.45, 2.75) is 81.3 Å². The van der Waals surface area contributed by atoms with Crippen molar-refractivity contribution in [1.82, 2.24) is 0 Å². The molecule has 3 saturated heterocycles. The van der Waals surface area contributed by atoms with Gasteiger partial charge in [-0.3, -0.25) is 0 Å². The van der Waals surface area contributed by atoms with Gasteiger partial charge in [0.25, 0.3) is 0 Å². The van der Waals surface area contributed by atoms with Crippen LogP contribution in [0.1, 0.15) is 38.5 Å². The second-order valence-electron chi connectivity index (χ2n) is 6.58. The summed E-state index contributed by atoms with van der Waals surface area (Å²) in [6.45, 7) is 2.62. The molecule has 3 heterocycles. The van der Waals surface area contributed by atoms with Gasteiger partial charge in [-0.25, -0.2) is 0 Å². The molecule has 0 spiro atoms. The van der Waals surface area contributed by atoms with Crippen molar-refractivity contribution >= 4 is 16.5 Å². The highest BCUT2D eigenvalue weighted by molar-refractivity contribution is 6.78. The Morgan fingerprint density at radius 2 is 0.938 bits per heavy atom. The Kier molecular flexibility index (Phi) is 4.28. The molecule has 0 unspecified atom stereocenters. The first-order valence-electron chi connectivity index (χ1n) is 7.31. The van der Waals surface area contributed by atoms with Gasteiger partial charge in [0.15, 0.2) is 0 Å². The largest absolute Gasteiger partial charge is 0.314 e. The lowest BCUT2D eigenvalue weighted by Gasteiger charge is -2.33. The van der Waals surface area contributed by atoms with Crippen molar-refractivity contribution < 1.29 is 4.11 Å². The summed E-state index contributed by atoms with van der Waals surface area (Å²) < 4.78 is 14.8. The predicted molar refractivity (Wildman–Crippen MR) is 75.0 cm³/mol. The molecule has 3 fully saturated rings. The zero-order chi connectivity index (χ0) is 11.5. The van der Waals surface area contributed by atoms with E-state index in [4.69, 9.17) is 0 Å². The number of rotatable bonds is 0. The summed E-state index contributed by atoms with van der Waals surface area (Å²) >= 11 is 0. The van der Waals surface area contributed by atoms with Gasteiger partial charge in [0.2, 0.25) is 8.41 Å². The first kappa shape index (κ1) is 12.8. The highest BCUT2D eigenvalue weighted by atomic mass is 28.4. The number of hydrogen-bond acceptors (Lipinski definition) is 0. The van der Waals surface area contributed by atoms with E-state index in [0.29, 0.717) is 0 Å². The van der Waals surface area contributed by atoms with Gasteiger partial charge < -0.3 is 4.11 Å². The second-order valence-corrected chi connectivity index (χ2v) is 15.5. The van der Waals surface area contributed by atoms with E-state index < -0.39 is 16.5 Å². The van der Waals surface area contributed by atoms with E-state index in [-0.39, 0.29) is 0 Å². The van der Waals surface area contributed by atoms with Crippen molar-refractivity contribution in [2.24, 2.45) is 0 Å². The van der Waals surface area contributed by atoms with Crippen LogP contribution in [-0.4, -0.2) is 16.5 Å². The fourth-order valence-electron chi connectivity index (χ4n) is 3.73. The van der Waals surface area contributed by atoms with Crippen LogP contribution in [0.3, 0.4) is 0 Å². The van der Waals surface area contributed by atoms with E-state index in [0.717, 1.165) is 18.1 Å². The molecule has 2 bridgehead atoms. The molecule has 0 aromatic carbocycles. The van der Waals surface area contributed by atoms with Gasteiger partial charge in [-0.05, 0) is 18.1 Å². The summed E-state index contributed by atoms with van der Waals surface area (Å²) in [5.74, 6) is 0. The third kappa shape index (κ3) is 3.43.